The molecule has 110 valence electrons. The Labute approximate surface area is 129 Å². The lowest BCUT2D eigenvalue weighted by Gasteiger charge is -2.14. The van der Waals surface area contributed by atoms with Crippen molar-refractivity contribution in [1.82, 2.24) is 0 Å². The van der Waals surface area contributed by atoms with Gasteiger partial charge >= 0.3 is 0 Å². The van der Waals surface area contributed by atoms with E-state index in [4.69, 9.17) is 22.1 Å². The Bertz CT molecular complexity index is 928. The van der Waals surface area contributed by atoms with Crippen LogP contribution in [0.5, 0.6) is 11.5 Å². The van der Waals surface area contributed by atoms with E-state index in [1.165, 1.54) is 30.3 Å². The van der Waals surface area contributed by atoms with Gasteiger partial charge in [0.25, 0.3) is 0 Å². The van der Waals surface area contributed by atoms with Crippen LogP contribution in [0.2, 0.25) is 5.02 Å². The third-order valence-electron chi connectivity index (χ3n) is 3.20. The summed E-state index contributed by atoms with van der Waals surface area (Å²) in [4.78, 5) is 23.0. The third kappa shape index (κ3) is 2.35. The zero-order chi connectivity index (χ0) is 15.9. The van der Waals surface area contributed by atoms with Crippen LogP contribution in [0, 0.1) is 5.82 Å². The number of nitrogens with two attached hydrogens (primary N) is 1. The molecule has 0 fully saturated rings. The predicted octanol–water partition coefficient (Wildman–Crippen LogP) is 3.12. The van der Waals surface area contributed by atoms with Crippen molar-refractivity contribution in [1.29, 1.82) is 0 Å². The van der Waals surface area contributed by atoms with Crippen molar-refractivity contribution in [3.63, 3.8) is 0 Å². The van der Waals surface area contributed by atoms with Gasteiger partial charge in [0, 0.05) is 16.7 Å². The molecule has 0 aliphatic carbocycles. The van der Waals surface area contributed by atoms with Crippen LogP contribution >= 0.6 is 11.6 Å². The van der Waals surface area contributed by atoms with Gasteiger partial charge in [-0.2, -0.15) is 0 Å². The molecule has 0 aliphatic heterocycles. The highest BCUT2D eigenvalue weighted by Gasteiger charge is 2.23. The Balaban J connectivity index is 2.07. The van der Waals surface area contributed by atoms with Crippen LogP contribution in [0.25, 0.3) is 11.1 Å². The first-order valence-corrected chi connectivity index (χ1v) is 6.67. The average molecular weight is 318 g/mol. The molecule has 0 unspecified atom stereocenters. The Hall–Kier alpha value is -2.66. The molecule has 2 N–H and O–H groups in total. The van der Waals surface area contributed by atoms with Gasteiger partial charge in [-0.15, -0.1) is 0 Å². The van der Waals surface area contributed by atoms with Gasteiger partial charge in [-0.25, -0.2) is 4.39 Å². The molecule has 0 spiro atoms. The maximum Gasteiger partial charge on any atom is 0.249 e. The highest BCUT2D eigenvalue weighted by atomic mass is 35.5. The number of benzene rings is 2. The monoisotopic (exact) mass is 317 g/mol. The molecule has 22 heavy (non-hydrogen) atoms. The van der Waals surface area contributed by atoms with Crippen LogP contribution < -0.4 is 21.3 Å². The van der Waals surface area contributed by atoms with Crippen molar-refractivity contribution in [3.05, 3.63) is 73.8 Å². The molecule has 0 saturated heterocycles. The summed E-state index contributed by atoms with van der Waals surface area (Å²) in [5.41, 5.74) is 4.59. The van der Waals surface area contributed by atoms with Crippen LogP contribution in [-0.2, 0) is 0 Å². The van der Waals surface area contributed by atoms with Crippen molar-refractivity contribution in [2.75, 3.05) is 5.73 Å². The van der Waals surface area contributed by atoms with E-state index in [1.807, 2.05) is 0 Å². The van der Waals surface area contributed by atoms with Crippen LogP contribution in [0.4, 0.5) is 10.1 Å². The number of ether oxygens (including phenoxy) is 1. The van der Waals surface area contributed by atoms with E-state index in [-0.39, 0.29) is 17.0 Å². The minimum atomic E-state index is -0.710. The molecule has 0 atom stereocenters. The minimum Gasteiger partial charge on any atom is -0.457 e. The van der Waals surface area contributed by atoms with Gasteiger partial charge < -0.3 is 10.5 Å². The summed E-state index contributed by atoms with van der Waals surface area (Å²) in [5.74, 6) is 0.227. The first kappa shape index (κ1) is 14.3. The summed E-state index contributed by atoms with van der Waals surface area (Å²) in [5, 5.41) is 0.387. The van der Waals surface area contributed by atoms with Crippen molar-refractivity contribution in [3.8, 4) is 22.6 Å². The Morgan fingerprint density at radius 3 is 2.32 bits per heavy atom. The fraction of sp³-hybridized carbons (Fsp3) is 0. The van der Waals surface area contributed by atoms with E-state index < -0.39 is 16.7 Å². The van der Waals surface area contributed by atoms with Crippen molar-refractivity contribution >= 4 is 17.3 Å². The number of hydrogen-bond acceptors (Lipinski definition) is 4. The molecule has 0 amide bonds. The lowest BCUT2D eigenvalue weighted by atomic mass is 9.98. The van der Waals surface area contributed by atoms with Gasteiger partial charge in [-0.05, 0) is 36.4 Å². The fourth-order valence-electron chi connectivity index (χ4n) is 2.09. The van der Waals surface area contributed by atoms with E-state index in [1.54, 1.807) is 12.1 Å². The zero-order valence-corrected chi connectivity index (χ0v) is 11.9. The number of anilines is 1. The largest absolute Gasteiger partial charge is 0.457 e. The lowest BCUT2D eigenvalue weighted by Crippen LogP contribution is -2.35. The topological polar surface area (TPSA) is 69.4 Å². The number of nitrogen functional groups attached to an aromatic ring is 1. The van der Waals surface area contributed by atoms with Crippen molar-refractivity contribution in [2.24, 2.45) is 0 Å². The molecule has 0 radical (unpaired) electrons. The maximum absolute atomic E-state index is 12.9. The normalized spacial score (nSPS) is 10.8. The molecule has 3 rings (SSSR count). The number of hydrogen-bond donors (Lipinski definition) is 1. The first-order chi connectivity index (χ1) is 10.5. The highest BCUT2D eigenvalue weighted by Crippen LogP contribution is 2.36. The van der Waals surface area contributed by atoms with Crippen molar-refractivity contribution in [2.45, 2.75) is 0 Å². The lowest BCUT2D eigenvalue weighted by molar-refractivity contribution is 0.482. The van der Waals surface area contributed by atoms with E-state index in [2.05, 4.69) is 0 Å². The van der Waals surface area contributed by atoms with Crippen LogP contribution in [-0.4, -0.2) is 0 Å². The SMILES string of the molecule is Nc1c(-c2ccc(Cl)cc2Oc2ccc(F)cc2)c(=O)c1=O. The smallest absolute Gasteiger partial charge is 0.249 e. The molecule has 0 heterocycles. The quantitative estimate of drug-likeness (QED) is 0.754. The predicted molar refractivity (Wildman–Crippen MR) is 82.7 cm³/mol. The second-order valence-corrected chi connectivity index (χ2v) is 5.08. The minimum absolute atomic E-state index is 0.101. The second kappa shape index (κ2) is 5.27. The molecule has 3 aromatic carbocycles. The van der Waals surface area contributed by atoms with E-state index in [0.29, 0.717) is 16.3 Å². The molecule has 4 nitrogen and oxygen atoms in total. The fourth-order valence-corrected chi connectivity index (χ4v) is 2.26. The summed E-state index contributed by atoms with van der Waals surface area (Å²) in [6.45, 7) is 0. The van der Waals surface area contributed by atoms with Crippen LogP contribution in [0.1, 0.15) is 0 Å². The van der Waals surface area contributed by atoms with Gasteiger partial charge in [0.2, 0.25) is 10.9 Å². The van der Waals surface area contributed by atoms with Gasteiger partial charge in [0.1, 0.15) is 17.3 Å². The Kier molecular flexibility index (Phi) is 3.42. The molecule has 0 bridgehead atoms. The van der Waals surface area contributed by atoms with Gasteiger partial charge in [-0.1, -0.05) is 11.6 Å². The van der Waals surface area contributed by atoms with E-state index >= 15 is 0 Å². The number of halogens is 2. The standard InChI is InChI=1S/C16H9ClFNO3/c17-8-1-6-11(13-14(19)16(21)15(13)20)12(7-8)22-10-4-2-9(18)3-5-10/h1-7H,19H2. The summed E-state index contributed by atoms with van der Waals surface area (Å²) >= 11 is 5.94. The second-order valence-electron chi connectivity index (χ2n) is 4.64. The first-order valence-electron chi connectivity index (χ1n) is 6.29. The molecule has 3 aromatic rings. The van der Waals surface area contributed by atoms with Crippen molar-refractivity contribution < 1.29 is 9.13 Å². The number of rotatable bonds is 3. The van der Waals surface area contributed by atoms with Gasteiger partial charge in [0.05, 0.1) is 11.3 Å². The van der Waals surface area contributed by atoms with Gasteiger partial charge in [-0.3, -0.25) is 9.59 Å². The summed E-state index contributed by atoms with van der Waals surface area (Å²) in [6.07, 6.45) is 0. The Morgan fingerprint density at radius 2 is 1.68 bits per heavy atom. The summed E-state index contributed by atoms with van der Waals surface area (Å²) in [7, 11) is 0. The van der Waals surface area contributed by atoms with E-state index in [0.717, 1.165) is 0 Å². The van der Waals surface area contributed by atoms with Gasteiger partial charge in [0.15, 0.2) is 0 Å². The Morgan fingerprint density at radius 1 is 1.00 bits per heavy atom. The molecule has 6 heteroatoms. The molecule has 0 aliphatic rings. The maximum atomic E-state index is 12.9. The molecule has 0 aromatic heterocycles. The average Bonchev–Trinajstić information content (AvgIpc) is 2.51. The van der Waals surface area contributed by atoms with Crippen LogP contribution in [0.3, 0.4) is 0 Å². The molecular formula is C16H9ClFNO3. The molecular weight excluding hydrogens is 309 g/mol. The summed E-state index contributed by atoms with van der Waals surface area (Å²) in [6, 6.07) is 9.96. The zero-order valence-electron chi connectivity index (χ0n) is 11.1. The van der Waals surface area contributed by atoms with E-state index in [9.17, 15) is 14.0 Å². The third-order valence-corrected chi connectivity index (χ3v) is 3.44. The van der Waals surface area contributed by atoms with Crippen LogP contribution in [0.15, 0.2) is 52.1 Å². The summed E-state index contributed by atoms with van der Waals surface area (Å²) < 4.78 is 18.6. The molecule has 0 saturated carbocycles. The highest BCUT2D eigenvalue weighted by molar-refractivity contribution is 6.30.